The first-order chi connectivity index (χ1) is 34.5. The Morgan fingerprint density at radius 3 is 0.929 bits per heavy atom. The molecule has 0 aromatic carbocycles. The van der Waals surface area contributed by atoms with Crippen molar-refractivity contribution in [1.82, 2.24) is 0 Å². The predicted octanol–water partition coefficient (Wildman–Crippen LogP) is 19.9. The molecule has 6 heteroatoms. The first-order valence-corrected chi connectivity index (χ1v) is 29.6. The van der Waals surface area contributed by atoms with Gasteiger partial charge in [0, 0.05) is 19.3 Å². The number of allylic oxidation sites excluding steroid dienone is 14. The van der Waals surface area contributed by atoms with Gasteiger partial charge in [-0.15, -0.1) is 0 Å². The van der Waals surface area contributed by atoms with E-state index in [4.69, 9.17) is 14.2 Å². The number of rotatable bonds is 53. The van der Waals surface area contributed by atoms with Crippen molar-refractivity contribution in [2.75, 3.05) is 13.2 Å². The molecule has 0 aliphatic carbocycles. The second-order valence-corrected chi connectivity index (χ2v) is 19.5. The Kier molecular flexibility index (Phi) is 55.3. The lowest BCUT2D eigenvalue weighted by molar-refractivity contribution is -0.166. The van der Waals surface area contributed by atoms with Gasteiger partial charge in [0.05, 0.1) is 0 Å². The fourth-order valence-corrected chi connectivity index (χ4v) is 8.23. The van der Waals surface area contributed by atoms with Crippen molar-refractivity contribution in [1.29, 1.82) is 0 Å². The van der Waals surface area contributed by atoms with Crippen LogP contribution in [0.15, 0.2) is 85.1 Å². The van der Waals surface area contributed by atoms with Gasteiger partial charge in [-0.05, 0) is 83.5 Å². The van der Waals surface area contributed by atoms with Crippen LogP contribution in [0.3, 0.4) is 0 Å². The molecule has 0 spiro atoms. The highest BCUT2D eigenvalue weighted by Gasteiger charge is 2.19. The normalized spacial score (nSPS) is 12.7. The smallest absolute Gasteiger partial charge is 0.306 e. The molecule has 0 bridgehead atoms. The molecular weight excluding hydrogens is 865 g/mol. The lowest BCUT2D eigenvalue weighted by Gasteiger charge is -2.18. The third kappa shape index (κ3) is 55.5. The molecule has 0 aromatic heterocycles. The zero-order valence-electron chi connectivity index (χ0n) is 46.0. The van der Waals surface area contributed by atoms with E-state index in [9.17, 15) is 14.4 Å². The number of hydrogen-bond donors (Lipinski definition) is 0. The lowest BCUT2D eigenvalue weighted by atomic mass is 10.0. The van der Waals surface area contributed by atoms with E-state index in [2.05, 4.69) is 99.8 Å². The Balaban J connectivity index is 4.42. The Morgan fingerprint density at radius 1 is 0.300 bits per heavy atom. The summed E-state index contributed by atoms with van der Waals surface area (Å²) in [5, 5.41) is 0. The number of ether oxygens (including phenoxy) is 3. The third-order valence-corrected chi connectivity index (χ3v) is 12.6. The largest absolute Gasteiger partial charge is 0.462 e. The van der Waals surface area contributed by atoms with Crippen LogP contribution in [0.4, 0.5) is 0 Å². The minimum Gasteiger partial charge on any atom is -0.462 e. The van der Waals surface area contributed by atoms with E-state index in [0.29, 0.717) is 19.3 Å². The number of hydrogen-bond acceptors (Lipinski definition) is 6. The molecular formula is C64H110O6. The maximum Gasteiger partial charge on any atom is 0.306 e. The summed E-state index contributed by atoms with van der Waals surface area (Å²) >= 11 is 0. The topological polar surface area (TPSA) is 78.9 Å². The van der Waals surface area contributed by atoms with E-state index < -0.39 is 6.10 Å². The maximum atomic E-state index is 12.8. The SMILES string of the molecule is CC/C=C\C/C=C\C/C=C\C/C=C\C/C=C\C/C=C\CCC(=O)O[C@@H](COC(=O)CCCCCCCCCCCCCC)COC(=O)CCCCCCCCCCCCC/C=C\CCCCCCCC. The van der Waals surface area contributed by atoms with Crippen molar-refractivity contribution in [3.63, 3.8) is 0 Å². The molecule has 70 heavy (non-hydrogen) atoms. The molecule has 6 nitrogen and oxygen atoms in total. The molecule has 0 aliphatic heterocycles. The minimum absolute atomic E-state index is 0.104. The average Bonchev–Trinajstić information content (AvgIpc) is 3.36. The number of unbranched alkanes of at least 4 members (excludes halogenated alkanes) is 28. The summed E-state index contributed by atoms with van der Waals surface area (Å²) in [5.74, 6) is -0.982. The second-order valence-electron chi connectivity index (χ2n) is 19.5. The predicted molar refractivity (Wildman–Crippen MR) is 302 cm³/mol. The third-order valence-electron chi connectivity index (χ3n) is 12.6. The van der Waals surface area contributed by atoms with Crippen molar-refractivity contribution in [2.45, 2.75) is 290 Å². The lowest BCUT2D eigenvalue weighted by Crippen LogP contribution is -2.30. The van der Waals surface area contributed by atoms with Crippen molar-refractivity contribution >= 4 is 17.9 Å². The molecule has 402 valence electrons. The van der Waals surface area contributed by atoms with Crippen molar-refractivity contribution < 1.29 is 28.6 Å². The van der Waals surface area contributed by atoms with Gasteiger partial charge in [-0.25, -0.2) is 0 Å². The Morgan fingerprint density at radius 2 is 0.586 bits per heavy atom. The fraction of sp³-hybridized carbons (Fsp3) is 0.734. The standard InChI is InChI=1S/C64H110O6/c1-4-7-10-13-16-19-22-25-27-29-31-32-34-35-37-39-42-45-48-51-54-57-63(66)69-60-61(59-68-62(65)56-53-50-47-44-41-24-21-18-15-12-9-6-3)70-64(67)58-55-52-49-46-43-40-38-36-33-30-28-26-23-20-17-14-11-8-5-2/h8,11,17,20,25-28,33,36,40,43,49,52,61H,4-7,9-10,12-16,18-19,21-24,29-32,34-35,37-39,41-42,44-48,50-51,53-60H2,1-3H3/b11-8-,20-17-,27-25-,28-26-,36-33-,43-40-,52-49-/t61-/m0/s1. The molecule has 0 aromatic rings. The summed E-state index contributed by atoms with van der Waals surface area (Å²) in [6, 6.07) is 0. The van der Waals surface area contributed by atoms with Gasteiger partial charge in [-0.3, -0.25) is 14.4 Å². The maximum absolute atomic E-state index is 12.8. The van der Waals surface area contributed by atoms with Gasteiger partial charge in [0.25, 0.3) is 0 Å². The van der Waals surface area contributed by atoms with Crippen molar-refractivity contribution in [3.05, 3.63) is 85.1 Å². The van der Waals surface area contributed by atoms with Crippen LogP contribution in [0.5, 0.6) is 0 Å². The second kappa shape index (κ2) is 58.2. The first-order valence-electron chi connectivity index (χ1n) is 29.6. The van der Waals surface area contributed by atoms with Gasteiger partial charge in [-0.2, -0.15) is 0 Å². The van der Waals surface area contributed by atoms with Gasteiger partial charge in [0.2, 0.25) is 0 Å². The number of esters is 3. The molecule has 0 saturated carbocycles. The molecule has 0 radical (unpaired) electrons. The number of carbonyl (C=O) groups is 3. The van der Waals surface area contributed by atoms with Gasteiger partial charge >= 0.3 is 17.9 Å². The van der Waals surface area contributed by atoms with Crippen molar-refractivity contribution in [2.24, 2.45) is 0 Å². The zero-order valence-corrected chi connectivity index (χ0v) is 46.0. The number of carbonyl (C=O) groups excluding carboxylic acids is 3. The Bertz CT molecular complexity index is 1350. The molecule has 0 rings (SSSR count). The van der Waals surface area contributed by atoms with Gasteiger partial charge in [-0.1, -0.05) is 266 Å². The molecule has 0 fully saturated rings. The fourth-order valence-electron chi connectivity index (χ4n) is 8.23. The molecule has 0 unspecified atom stereocenters. The molecule has 0 heterocycles. The molecule has 0 aliphatic rings. The van der Waals surface area contributed by atoms with E-state index in [1.54, 1.807) is 0 Å². The van der Waals surface area contributed by atoms with E-state index in [-0.39, 0.29) is 37.5 Å². The molecule has 0 amide bonds. The van der Waals surface area contributed by atoms with Crippen LogP contribution in [-0.4, -0.2) is 37.2 Å². The molecule has 0 saturated heterocycles. The van der Waals surface area contributed by atoms with Crippen LogP contribution in [0.25, 0.3) is 0 Å². The van der Waals surface area contributed by atoms with Crippen molar-refractivity contribution in [3.8, 4) is 0 Å². The van der Waals surface area contributed by atoms with E-state index in [1.807, 2.05) is 6.08 Å². The summed E-state index contributed by atoms with van der Waals surface area (Å²) in [6.45, 7) is 6.48. The van der Waals surface area contributed by atoms with E-state index in [1.165, 1.54) is 161 Å². The zero-order chi connectivity index (χ0) is 50.7. The summed E-state index contributed by atoms with van der Waals surface area (Å²) in [7, 11) is 0. The summed E-state index contributed by atoms with van der Waals surface area (Å²) in [4.78, 5) is 38.1. The first kappa shape index (κ1) is 66.6. The van der Waals surface area contributed by atoms with Crippen LogP contribution in [0, 0.1) is 0 Å². The van der Waals surface area contributed by atoms with E-state index in [0.717, 1.165) is 77.0 Å². The van der Waals surface area contributed by atoms with Crippen LogP contribution in [-0.2, 0) is 28.6 Å². The Labute approximate surface area is 433 Å². The highest BCUT2D eigenvalue weighted by atomic mass is 16.6. The van der Waals surface area contributed by atoms with E-state index >= 15 is 0 Å². The van der Waals surface area contributed by atoms with Crippen LogP contribution in [0.2, 0.25) is 0 Å². The quantitative estimate of drug-likeness (QED) is 0.0261. The van der Waals surface area contributed by atoms with Gasteiger partial charge in [0.15, 0.2) is 6.10 Å². The summed E-state index contributed by atoms with van der Waals surface area (Å²) in [6.07, 6.45) is 75.9. The van der Waals surface area contributed by atoms with Gasteiger partial charge in [0.1, 0.15) is 13.2 Å². The summed E-state index contributed by atoms with van der Waals surface area (Å²) in [5.41, 5.74) is 0. The highest BCUT2D eigenvalue weighted by Crippen LogP contribution is 2.16. The summed E-state index contributed by atoms with van der Waals surface area (Å²) < 4.78 is 16.8. The van der Waals surface area contributed by atoms with Crippen LogP contribution in [0.1, 0.15) is 284 Å². The molecule has 1 atom stereocenters. The van der Waals surface area contributed by atoms with Crippen LogP contribution < -0.4 is 0 Å². The minimum atomic E-state index is -0.816. The van der Waals surface area contributed by atoms with Gasteiger partial charge < -0.3 is 14.2 Å². The average molecular weight is 976 g/mol. The Hall–Kier alpha value is -3.41. The highest BCUT2D eigenvalue weighted by molar-refractivity contribution is 5.71. The van der Waals surface area contributed by atoms with Crippen LogP contribution >= 0.6 is 0 Å². The molecule has 0 N–H and O–H groups in total. The monoisotopic (exact) mass is 975 g/mol.